The number of halogens is 2. The summed E-state index contributed by atoms with van der Waals surface area (Å²) in [5, 5.41) is 1.04. The highest BCUT2D eigenvalue weighted by Crippen LogP contribution is 2.29. The van der Waals surface area contributed by atoms with Crippen LogP contribution in [-0.2, 0) is 11.3 Å². The molecule has 0 aliphatic heterocycles. The molecule has 1 aromatic rings. The van der Waals surface area contributed by atoms with Crippen molar-refractivity contribution in [3.8, 4) is 0 Å². The number of nitrogens with zero attached hydrogens (tertiary/aromatic N) is 1. The van der Waals surface area contributed by atoms with Gasteiger partial charge in [-0.05, 0) is 30.4 Å². The highest BCUT2D eigenvalue weighted by Gasteiger charge is 2.27. The maximum Gasteiger partial charge on any atom is 0.222 e. The third-order valence-corrected chi connectivity index (χ3v) is 4.88. The summed E-state index contributed by atoms with van der Waals surface area (Å²) in [5.74, 6) is 0.433. The van der Waals surface area contributed by atoms with Crippen LogP contribution in [0.2, 0.25) is 10.0 Å². The van der Waals surface area contributed by atoms with Gasteiger partial charge in [-0.15, -0.1) is 0 Å². The Bertz CT molecular complexity index is 493. The number of nitrogens with two attached hydrogens (primary N) is 1. The molecular weight excluding hydrogens is 295 g/mol. The molecule has 0 heterocycles. The van der Waals surface area contributed by atoms with E-state index in [-0.39, 0.29) is 11.9 Å². The minimum atomic E-state index is 0.114. The van der Waals surface area contributed by atoms with Gasteiger partial charge < -0.3 is 10.6 Å². The number of carbonyl (C=O) groups is 1. The highest BCUT2D eigenvalue weighted by atomic mass is 35.5. The van der Waals surface area contributed by atoms with E-state index < -0.39 is 0 Å². The fraction of sp³-hybridized carbons (Fsp3) is 0.533. The molecule has 1 aliphatic carbocycles. The minimum absolute atomic E-state index is 0.114. The molecule has 20 heavy (non-hydrogen) atoms. The number of benzene rings is 1. The van der Waals surface area contributed by atoms with E-state index in [4.69, 9.17) is 28.9 Å². The van der Waals surface area contributed by atoms with Crippen molar-refractivity contribution in [1.29, 1.82) is 0 Å². The van der Waals surface area contributed by atoms with Crippen LogP contribution in [0, 0.1) is 5.92 Å². The fourth-order valence-electron chi connectivity index (χ4n) is 2.71. The average Bonchev–Trinajstić information content (AvgIpc) is 2.80. The standard InChI is InChI=1S/C15H20Cl2N2O/c1-19(9-11-5-2-6-12(16)15(11)17)14(20)8-10-4-3-7-13(10)18/h2,5-6,10,13H,3-4,7-9,18H2,1H3/t10-,13+/m0/s1. The molecule has 110 valence electrons. The highest BCUT2D eigenvalue weighted by molar-refractivity contribution is 6.42. The predicted octanol–water partition coefficient (Wildman–Crippen LogP) is 3.47. The van der Waals surface area contributed by atoms with Crippen LogP contribution in [0.4, 0.5) is 0 Å². The third-order valence-electron chi connectivity index (χ3n) is 4.02. The Morgan fingerprint density at radius 3 is 2.80 bits per heavy atom. The van der Waals surface area contributed by atoms with Gasteiger partial charge >= 0.3 is 0 Å². The smallest absolute Gasteiger partial charge is 0.222 e. The quantitative estimate of drug-likeness (QED) is 0.925. The summed E-state index contributed by atoms with van der Waals surface area (Å²) >= 11 is 12.1. The molecule has 0 saturated heterocycles. The van der Waals surface area contributed by atoms with E-state index in [1.165, 1.54) is 0 Å². The second-order valence-corrected chi connectivity index (χ2v) is 6.31. The van der Waals surface area contributed by atoms with E-state index in [2.05, 4.69) is 0 Å². The van der Waals surface area contributed by atoms with Crippen molar-refractivity contribution in [3.05, 3.63) is 33.8 Å². The molecular formula is C15H20Cl2N2O. The van der Waals surface area contributed by atoms with Crippen molar-refractivity contribution in [1.82, 2.24) is 4.90 Å². The SMILES string of the molecule is CN(Cc1cccc(Cl)c1Cl)C(=O)C[C@@H]1CCC[C@H]1N. The number of hydrogen-bond acceptors (Lipinski definition) is 2. The molecule has 1 saturated carbocycles. The van der Waals surface area contributed by atoms with E-state index in [1.54, 1.807) is 18.0 Å². The van der Waals surface area contributed by atoms with Crippen LogP contribution in [0.15, 0.2) is 18.2 Å². The molecule has 3 nitrogen and oxygen atoms in total. The van der Waals surface area contributed by atoms with E-state index >= 15 is 0 Å². The van der Waals surface area contributed by atoms with Crippen LogP contribution in [-0.4, -0.2) is 23.9 Å². The molecule has 2 N–H and O–H groups in total. The van der Waals surface area contributed by atoms with Gasteiger partial charge in [0.15, 0.2) is 0 Å². The molecule has 1 aromatic carbocycles. The van der Waals surface area contributed by atoms with Crippen molar-refractivity contribution in [3.63, 3.8) is 0 Å². The second-order valence-electron chi connectivity index (χ2n) is 5.52. The van der Waals surface area contributed by atoms with Crippen molar-refractivity contribution in [2.75, 3.05) is 7.05 Å². The van der Waals surface area contributed by atoms with Crippen LogP contribution in [0.1, 0.15) is 31.2 Å². The summed E-state index contributed by atoms with van der Waals surface area (Å²) in [6.07, 6.45) is 3.74. The van der Waals surface area contributed by atoms with Gasteiger partial charge in [0.05, 0.1) is 10.0 Å². The average molecular weight is 315 g/mol. The number of rotatable bonds is 4. The maximum atomic E-state index is 12.2. The molecule has 2 rings (SSSR count). The van der Waals surface area contributed by atoms with Gasteiger partial charge in [0, 0.05) is 26.1 Å². The third kappa shape index (κ3) is 3.66. The first-order valence-corrected chi connectivity index (χ1v) is 7.67. The molecule has 5 heteroatoms. The van der Waals surface area contributed by atoms with E-state index in [9.17, 15) is 4.79 Å². The first-order valence-electron chi connectivity index (χ1n) is 6.91. The summed E-state index contributed by atoms with van der Waals surface area (Å²) in [4.78, 5) is 13.9. The lowest BCUT2D eigenvalue weighted by Crippen LogP contribution is -2.32. The first-order chi connectivity index (χ1) is 9.49. The summed E-state index contributed by atoms with van der Waals surface area (Å²) in [6.45, 7) is 0.472. The number of carbonyl (C=O) groups excluding carboxylic acids is 1. The van der Waals surface area contributed by atoms with Gasteiger partial charge in [0.1, 0.15) is 0 Å². The zero-order valence-electron chi connectivity index (χ0n) is 11.6. The Kier molecular flexibility index (Phi) is 5.30. The Labute approximate surface area is 130 Å². The topological polar surface area (TPSA) is 46.3 Å². The molecule has 0 aromatic heterocycles. The molecule has 2 atom stereocenters. The van der Waals surface area contributed by atoms with Crippen LogP contribution >= 0.6 is 23.2 Å². The molecule has 0 spiro atoms. The van der Waals surface area contributed by atoms with Crippen molar-refractivity contribution in [2.45, 2.75) is 38.3 Å². The first kappa shape index (κ1) is 15.6. The van der Waals surface area contributed by atoms with E-state index in [1.807, 2.05) is 12.1 Å². The lowest BCUT2D eigenvalue weighted by atomic mass is 9.99. The lowest BCUT2D eigenvalue weighted by Gasteiger charge is -2.22. The number of hydrogen-bond donors (Lipinski definition) is 1. The summed E-state index contributed by atoms with van der Waals surface area (Å²) in [5.41, 5.74) is 6.88. The second kappa shape index (κ2) is 6.79. The van der Waals surface area contributed by atoms with Crippen molar-refractivity contribution >= 4 is 29.1 Å². The Morgan fingerprint density at radius 1 is 1.40 bits per heavy atom. The monoisotopic (exact) mass is 314 g/mol. The van der Waals surface area contributed by atoms with E-state index in [0.29, 0.717) is 28.9 Å². The Hall–Kier alpha value is -0.770. The van der Waals surface area contributed by atoms with Crippen LogP contribution in [0.5, 0.6) is 0 Å². The molecule has 0 unspecified atom stereocenters. The predicted molar refractivity (Wildman–Crippen MR) is 82.9 cm³/mol. The number of amides is 1. The largest absolute Gasteiger partial charge is 0.341 e. The van der Waals surface area contributed by atoms with Crippen LogP contribution in [0.3, 0.4) is 0 Å². The summed E-state index contributed by atoms with van der Waals surface area (Å²) in [7, 11) is 1.79. The lowest BCUT2D eigenvalue weighted by molar-refractivity contribution is -0.131. The van der Waals surface area contributed by atoms with Crippen molar-refractivity contribution in [2.24, 2.45) is 11.7 Å². The summed E-state index contributed by atoms with van der Waals surface area (Å²) in [6, 6.07) is 5.64. The molecule has 0 bridgehead atoms. The van der Waals surface area contributed by atoms with Crippen LogP contribution in [0.25, 0.3) is 0 Å². The van der Waals surface area contributed by atoms with Gasteiger partial charge in [-0.2, -0.15) is 0 Å². The molecule has 1 fully saturated rings. The molecule has 1 amide bonds. The normalized spacial score (nSPS) is 22.0. The summed E-state index contributed by atoms with van der Waals surface area (Å²) < 4.78 is 0. The minimum Gasteiger partial charge on any atom is -0.341 e. The van der Waals surface area contributed by atoms with Crippen molar-refractivity contribution < 1.29 is 4.79 Å². The Balaban J connectivity index is 1.95. The zero-order chi connectivity index (χ0) is 14.7. The fourth-order valence-corrected chi connectivity index (χ4v) is 3.09. The van der Waals surface area contributed by atoms with Gasteiger partial charge in [0.2, 0.25) is 5.91 Å². The molecule has 1 aliphatic rings. The van der Waals surface area contributed by atoms with Gasteiger partial charge in [-0.1, -0.05) is 41.8 Å². The molecule has 0 radical (unpaired) electrons. The Morgan fingerprint density at radius 2 is 2.15 bits per heavy atom. The van der Waals surface area contributed by atoms with Gasteiger partial charge in [-0.3, -0.25) is 4.79 Å². The van der Waals surface area contributed by atoms with Gasteiger partial charge in [0.25, 0.3) is 0 Å². The maximum absolute atomic E-state index is 12.2. The van der Waals surface area contributed by atoms with E-state index in [0.717, 1.165) is 24.8 Å². The zero-order valence-corrected chi connectivity index (χ0v) is 13.1. The van der Waals surface area contributed by atoms with Gasteiger partial charge in [-0.25, -0.2) is 0 Å². The van der Waals surface area contributed by atoms with Crippen LogP contribution < -0.4 is 5.73 Å².